The van der Waals surface area contributed by atoms with Gasteiger partial charge in [0.25, 0.3) is 0 Å². The van der Waals surface area contributed by atoms with Crippen molar-refractivity contribution in [2.24, 2.45) is 0 Å². The molecule has 0 spiro atoms. The number of halogens is 2. The zero-order chi connectivity index (χ0) is 19.1. The first kappa shape index (κ1) is 20.2. The molecule has 0 radical (unpaired) electrons. The van der Waals surface area contributed by atoms with E-state index in [0.29, 0.717) is 22.2 Å². The molecular weight excluding hydrogens is 440 g/mol. The van der Waals surface area contributed by atoms with Crippen molar-refractivity contribution in [3.05, 3.63) is 57.5 Å². The molecule has 136 valence electrons. The topological polar surface area (TPSA) is 59.6 Å². The van der Waals surface area contributed by atoms with Gasteiger partial charge in [0.2, 0.25) is 5.91 Å². The summed E-state index contributed by atoms with van der Waals surface area (Å²) in [5.41, 5.74) is 1.46. The van der Waals surface area contributed by atoms with E-state index >= 15 is 0 Å². The third kappa shape index (κ3) is 5.72. The van der Waals surface area contributed by atoms with E-state index in [-0.39, 0.29) is 11.0 Å². The summed E-state index contributed by atoms with van der Waals surface area (Å²) < 4.78 is 11.2. The van der Waals surface area contributed by atoms with E-state index < -0.39 is 0 Å². The van der Waals surface area contributed by atoms with Crippen LogP contribution in [0.5, 0.6) is 11.5 Å². The van der Waals surface area contributed by atoms with Gasteiger partial charge in [-0.25, -0.2) is 0 Å². The summed E-state index contributed by atoms with van der Waals surface area (Å²) >= 11 is 14.5. The standard InChI is InChI=1S/C18H16BrClN2O3S/c1-24-15-7-3-11(9-16(15)25-2)4-8-17(23)22-18(26)21-12-5-6-13(19)14(20)10-12/h3-10H,1-2H3,(H2,21,22,23,26)/b8-4+. The maximum atomic E-state index is 12.0. The van der Waals surface area contributed by atoms with E-state index in [0.717, 1.165) is 10.0 Å². The number of anilines is 1. The van der Waals surface area contributed by atoms with E-state index in [1.807, 2.05) is 6.07 Å². The van der Waals surface area contributed by atoms with Crippen molar-refractivity contribution in [3.8, 4) is 11.5 Å². The molecule has 26 heavy (non-hydrogen) atoms. The maximum absolute atomic E-state index is 12.0. The maximum Gasteiger partial charge on any atom is 0.250 e. The van der Waals surface area contributed by atoms with Crippen LogP contribution in [0.2, 0.25) is 5.02 Å². The van der Waals surface area contributed by atoms with Gasteiger partial charge in [0.1, 0.15) is 0 Å². The molecule has 5 nitrogen and oxygen atoms in total. The lowest BCUT2D eigenvalue weighted by atomic mass is 10.2. The van der Waals surface area contributed by atoms with Crippen LogP contribution in [0.1, 0.15) is 5.56 Å². The number of thiocarbonyl (C=S) groups is 1. The van der Waals surface area contributed by atoms with Crippen molar-refractivity contribution in [1.29, 1.82) is 0 Å². The monoisotopic (exact) mass is 454 g/mol. The van der Waals surface area contributed by atoms with Crippen LogP contribution in [0.25, 0.3) is 6.08 Å². The van der Waals surface area contributed by atoms with E-state index in [9.17, 15) is 4.79 Å². The largest absolute Gasteiger partial charge is 0.493 e. The quantitative estimate of drug-likeness (QED) is 0.508. The predicted molar refractivity (Wildman–Crippen MR) is 112 cm³/mol. The Kier molecular flexibility index (Phi) is 7.44. The minimum absolute atomic E-state index is 0.172. The summed E-state index contributed by atoms with van der Waals surface area (Å²) in [6.07, 6.45) is 3.03. The molecule has 0 atom stereocenters. The van der Waals surface area contributed by atoms with Gasteiger partial charge >= 0.3 is 0 Å². The molecule has 0 aliphatic heterocycles. The molecule has 0 unspecified atom stereocenters. The van der Waals surface area contributed by atoms with E-state index in [2.05, 4.69) is 26.6 Å². The first-order chi connectivity index (χ1) is 12.4. The molecule has 2 aromatic rings. The molecule has 0 bridgehead atoms. The minimum atomic E-state index is -0.361. The molecule has 0 heterocycles. The Morgan fingerprint density at radius 2 is 1.88 bits per heavy atom. The van der Waals surface area contributed by atoms with E-state index in [4.69, 9.17) is 33.3 Å². The second-order valence-electron chi connectivity index (χ2n) is 5.02. The summed E-state index contributed by atoms with van der Waals surface area (Å²) in [6.45, 7) is 0. The van der Waals surface area contributed by atoms with Gasteiger partial charge in [-0.3, -0.25) is 10.1 Å². The molecule has 2 aromatic carbocycles. The van der Waals surface area contributed by atoms with Gasteiger partial charge in [0.05, 0.1) is 19.2 Å². The molecule has 0 saturated heterocycles. The second kappa shape index (κ2) is 9.56. The van der Waals surface area contributed by atoms with Crippen molar-refractivity contribution in [3.63, 3.8) is 0 Å². The average Bonchev–Trinajstić information content (AvgIpc) is 2.62. The first-order valence-electron chi connectivity index (χ1n) is 7.40. The summed E-state index contributed by atoms with van der Waals surface area (Å²) in [4.78, 5) is 12.0. The number of hydrogen-bond donors (Lipinski definition) is 2. The van der Waals surface area contributed by atoms with Crippen molar-refractivity contribution in [2.45, 2.75) is 0 Å². The molecule has 0 aliphatic rings. The molecule has 2 rings (SSSR count). The average molecular weight is 456 g/mol. The van der Waals surface area contributed by atoms with Crippen LogP contribution in [0.4, 0.5) is 5.69 Å². The fourth-order valence-corrected chi connectivity index (χ4v) is 2.66. The number of rotatable bonds is 5. The van der Waals surface area contributed by atoms with Crippen molar-refractivity contribution in [1.82, 2.24) is 5.32 Å². The third-order valence-electron chi connectivity index (χ3n) is 3.25. The van der Waals surface area contributed by atoms with Gasteiger partial charge in [-0.05, 0) is 70.1 Å². The van der Waals surface area contributed by atoms with Crippen LogP contribution in [0.3, 0.4) is 0 Å². The Morgan fingerprint density at radius 3 is 2.54 bits per heavy atom. The van der Waals surface area contributed by atoms with Crippen molar-refractivity contribution in [2.75, 3.05) is 19.5 Å². The summed E-state index contributed by atoms with van der Waals surface area (Å²) in [7, 11) is 3.11. The normalized spacial score (nSPS) is 10.5. The van der Waals surface area contributed by atoms with Crippen molar-refractivity contribution < 1.29 is 14.3 Å². The number of amides is 1. The highest BCUT2D eigenvalue weighted by atomic mass is 79.9. The number of ether oxygens (including phenoxy) is 2. The Morgan fingerprint density at radius 1 is 1.15 bits per heavy atom. The van der Waals surface area contributed by atoms with Crippen LogP contribution in [0, 0.1) is 0 Å². The minimum Gasteiger partial charge on any atom is -0.493 e. The number of hydrogen-bond acceptors (Lipinski definition) is 4. The summed E-state index contributed by atoms with van der Waals surface area (Å²) in [6, 6.07) is 10.6. The highest BCUT2D eigenvalue weighted by Gasteiger charge is 2.05. The highest BCUT2D eigenvalue weighted by Crippen LogP contribution is 2.28. The number of methoxy groups -OCH3 is 2. The fourth-order valence-electron chi connectivity index (χ4n) is 2.02. The van der Waals surface area contributed by atoms with Gasteiger partial charge in [-0.1, -0.05) is 17.7 Å². The smallest absolute Gasteiger partial charge is 0.250 e. The summed E-state index contributed by atoms with van der Waals surface area (Å²) in [5, 5.41) is 6.17. The SMILES string of the molecule is COc1ccc(/C=C/C(=O)NC(=S)Nc2ccc(Br)c(Cl)c2)cc1OC. The Labute approximate surface area is 170 Å². The van der Waals surface area contributed by atoms with E-state index in [1.165, 1.54) is 6.08 Å². The number of benzene rings is 2. The molecule has 1 amide bonds. The molecule has 2 N–H and O–H groups in total. The van der Waals surface area contributed by atoms with Gasteiger partial charge in [0, 0.05) is 16.2 Å². The predicted octanol–water partition coefficient (Wildman–Crippen LogP) is 4.65. The lowest BCUT2D eigenvalue weighted by molar-refractivity contribution is -0.115. The van der Waals surface area contributed by atoms with Gasteiger partial charge in [-0.15, -0.1) is 0 Å². The third-order valence-corrected chi connectivity index (χ3v) is 4.69. The Balaban J connectivity index is 1.96. The molecule has 0 aliphatic carbocycles. The fraction of sp³-hybridized carbons (Fsp3) is 0.111. The first-order valence-corrected chi connectivity index (χ1v) is 8.98. The lowest BCUT2D eigenvalue weighted by Gasteiger charge is -2.09. The number of nitrogens with one attached hydrogen (secondary N) is 2. The van der Waals surface area contributed by atoms with Gasteiger partial charge in [0.15, 0.2) is 16.6 Å². The molecule has 0 aromatic heterocycles. The van der Waals surface area contributed by atoms with Crippen LogP contribution < -0.4 is 20.1 Å². The Hall–Kier alpha value is -2.09. The van der Waals surface area contributed by atoms with Crippen LogP contribution in [-0.2, 0) is 4.79 Å². The van der Waals surface area contributed by atoms with Crippen LogP contribution in [-0.4, -0.2) is 25.2 Å². The van der Waals surface area contributed by atoms with E-state index in [1.54, 1.807) is 50.6 Å². The number of carbonyl (C=O) groups excluding carboxylic acids is 1. The van der Waals surface area contributed by atoms with Gasteiger partial charge in [-0.2, -0.15) is 0 Å². The zero-order valence-corrected chi connectivity index (χ0v) is 17.2. The summed E-state index contributed by atoms with van der Waals surface area (Å²) in [5.74, 6) is 0.840. The van der Waals surface area contributed by atoms with Gasteiger partial charge < -0.3 is 14.8 Å². The second-order valence-corrected chi connectivity index (χ2v) is 6.69. The number of carbonyl (C=O) groups is 1. The molecule has 8 heteroatoms. The molecule has 0 fully saturated rings. The van der Waals surface area contributed by atoms with Crippen molar-refractivity contribution >= 4 is 62.5 Å². The zero-order valence-electron chi connectivity index (χ0n) is 14.0. The van der Waals surface area contributed by atoms with Crippen LogP contribution in [0.15, 0.2) is 46.9 Å². The Bertz CT molecular complexity index is 858. The van der Waals surface area contributed by atoms with Crippen LogP contribution >= 0.6 is 39.7 Å². The highest BCUT2D eigenvalue weighted by molar-refractivity contribution is 9.10. The molecule has 0 saturated carbocycles. The lowest BCUT2D eigenvalue weighted by Crippen LogP contribution is -2.32. The molecular formula is C18H16BrClN2O3S.